The molecule has 0 bridgehead atoms. The van der Waals surface area contributed by atoms with Gasteiger partial charge in [0.15, 0.2) is 0 Å². The van der Waals surface area contributed by atoms with Crippen molar-refractivity contribution in [2.75, 3.05) is 31.1 Å². The fourth-order valence-corrected chi connectivity index (χ4v) is 4.02. The standard InChI is InChI=1S/C20H17BrN2O4/c21-18-14-12-17(20(25)26)27-16(14)7-6-15(18)22-8-10-23(11-9-22)19(24)13-4-2-1-3-5-13/h1-7,12H,8-11H2,(H,25,26). The van der Waals surface area contributed by atoms with Crippen molar-refractivity contribution < 1.29 is 19.1 Å². The smallest absolute Gasteiger partial charge is 0.371 e. The Morgan fingerprint density at radius 3 is 2.37 bits per heavy atom. The molecule has 1 aromatic heterocycles. The summed E-state index contributed by atoms with van der Waals surface area (Å²) in [6.45, 7) is 2.66. The van der Waals surface area contributed by atoms with Crippen LogP contribution in [-0.4, -0.2) is 48.1 Å². The highest BCUT2D eigenvalue weighted by molar-refractivity contribution is 9.10. The first-order valence-electron chi connectivity index (χ1n) is 8.59. The number of hydrogen-bond donors (Lipinski definition) is 1. The predicted octanol–water partition coefficient (Wildman–Crippen LogP) is 3.86. The molecule has 1 saturated heterocycles. The average molecular weight is 429 g/mol. The maximum absolute atomic E-state index is 12.6. The van der Waals surface area contributed by atoms with Gasteiger partial charge in [-0.3, -0.25) is 4.79 Å². The Balaban J connectivity index is 1.52. The summed E-state index contributed by atoms with van der Waals surface area (Å²) in [6.07, 6.45) is 0. The zero-order valence-electron chi connectivity index (χ0n) is 14.4. The normalized spacial score (nSPS) is 14.6. The molecule has 0 saturated carbocycles. The second-order valence-electron chi connectivity index (χ2n) is 6.37. The summed E-state index contributed by atoms with van der Waals surface area (Å²) < 4.78 is 6.15. The lowest BCUT2D eigenvalue weighted by Crippen LogP contribution is -2.48. The van der Waals surface area contributed by atoms with Gasteiger partial charge in [-0.15, -0.1) is 0 Å². The molecule has 3 aromatic rings. The molecular weight excluding hydrogens is 412 g/mol. The third-order valence-corrected chi connectivity index (χ3v) is 5.59. The summed E-state index contributed by atoms with van der Waals surface area (Å²) in [7, 11) is 0. The first-order valence-corrected chi connectivity index (χ1v) is 9.38. The van der Waals surface area contributed by atoms with Gasteiger partial charge in [-0.1, -0.05) is 18.2 Å². The average Bonchev–Trinajstić information content (AvgIpc) is 3.14. The zero-order chi connectivity index (χ0) is 19.0. The Hall–Kier alpha value is -2.80. The van der Waals surface area contributed by atoms with E-state index in [9.17, 15) is 9.59 Å². The van der Waals surface area contributed by atoms with E-state index in [2.05, 4.69) is 20.8 Å². The van der Waals surface area contributed by atoms with Gasteiger partial charge in [-0.05, 0) is 40.2 Å². The summed E-state index contributed by atoms with van der Waals surface area (Å²) in [4.78, 5) is 27.8. The van der Waals surface area contributed by atoms with Gasteiger partial charge in [-0.25, -0.2) is 4.79 Å². The van der Waals surface area contributed by atoms with Crippen LogP contribution in [0.5, 0.6) is 0 Å². The van der Waals surface area contributed by atoms with E-state index < -0.39 is 5.97 Å². The van der Waals surface area contributed by atoms with Crippen molar-refractivity contribution in [3.8, 4) is 0 Å². The Labute approximate surface area is 164 Å². The van der Waals surface area contributed by atoms with Crippen LogP contribution in [0.25, 0.3) is 11.0 Å². The molecular formula is C20H17BrN2O4. The number of nitrogens with zero attached hydrogens (tertiary/aromatic N) is 2. The van der Waals surface area contributed by atoms with E-state index in [0.717, 1.165) is 15.5 Å². The minimum Gasteiger partial charge on any atom is -0.475 e. The molecule has 0 unspecified atom stereocenters. The minimum absolute atomic E-state index is 0.0469. The molecule has 27 heavy (non-hydrogen) atoms. The molecule has 6 nitrogen and oxygen atoms in total. The van der Waals surface area contributed by atoms with Crippen LogP contribution in [0.1, 0.15) is 20.9 Å². The fraction of sp³-hybridized carbons (Fsp3) is 0.200. The molecule has 2 heterocycles. The second-order valence-corrected chi connectivity index (χ2v) is 7.16. The molecule has 0 radical (unpaired) electrons. The monoisotopic (exact) mass is 428 g/mol. The van der Waals surface area contributed by atoms with Gasteiger partial charge in [0.05, 0.1) is 10.2 Å². The highest BCUT2D eigenvalue weighted by atomic mass is 79.9. The molecule has 1 amide bonds. The number of carbonyl (C=O) groups is 2. The van der Waals surface area contributed by atoms with Crippen molar-refractivity contribution in [3.63, 3.8) is 0 Å². The van der Waals surface area contributed by atoms with Crippen molar-refractivity contribution in [3.05, 3.63) is 64.3 Å². The van der Waals surface area contributed by atoms with Gasteiger partial charge < -0.3 is 19.3 Å². The topological polar surface area (TPSA) is 74.0 Å². The largest absolute Gasteiger partial charge is 0.475 e. The molecule has 0 atom stereocenters. The Morgan fingerprint density at radius 2 is 1.70 bits per heavy atom. The third-order valence-electron chi connectivity index (χ3n) is 4.75. The predicted molar refractivity (Wildman–Crippen MR) is 105 cm³/mol. The van der Waals surface area contributed by atoms with E-state index in [1.54, 1.807) is 6.07 Å². The Kier molecular flexibility index (Phi) is 4.61. The lowest BCUT2D eigenvalue weighted by atomic mass is 10.1. The number of piperazine rings is 1. The van der Waals surface area contributed by atoms with Crippen LogP contribution < -0.4 is 4.90 Å². The number of carboxylic acids is 1. The van der Waals surface area contributed by atoms with Crippen molar-refractivity contribution >= 4 is 44.5 Å². The number of aromatic carboxylic acids is 1. The number of anilines is 1. The van der Waals surface area contributed by atoms with Gasteiger partial charge in [0.1, 0.15) is 5.58 Å². The molecule has 2 aromatic carbocycles. The summed E-state index contributed by atoms with van der Waals surface area (Å²) in [5, 5.41) is 9.84. The molecule has 0 aliphatic carbocycles. The van der Waals surface area contributed by atoms with Gasteiger partial charge in [0.2, 0.25) is 5.76 Å². The first-order chi connectivity index (χ1) is 13.0. The lowest BCUT2D eigenvalue weighted by molar-refractivity contribution is 0.0664. The number of carbonyl (C=O) groups excluding carboxylic acids is 1. The van der Waals surface area contributed by atoms with Crippen LogP contribution in [0, 0.1) is 0 Å². The van der Waals surface area contributed by atoms with Gasteiger partial charge in [0.25, 0.3) is 5.91 Å². The van der Waals surface area contributed by atoms with Crippen molar-refractivity contribution in [1.29, 1.82) is 0 Å². The van der Waals surface area contributed by atoms with Crippen LogP contribution in [0.4, 0.5) is 5.69 Å². The van der Waals surface area contributed by atoms with Crippen LogP contribution in [0.2, 0.25) is 0 Å². The molecule has 0 spiro atoms. The van der Waals surface area contributed by atoms with E-state index in [1.165, 1.54) is 6.07 Å². The Bertz CT molecular complexity index is 1010. The first kappa shape index (κ1) is 17.6. The van der Waals surface area contributed by atoms with Crippen LogP contribution in [-0.2, 0) is 0 Å². The number of amides is 1. The maximum Gasteiger partial charge on any atom is 0.371 e. The maximum atomic E-state index is 12.6. The zero-order valence-corrected chi connectivity index (χ0v) is 16.0. The van der Waals surface area contributed by atoms with Crippen LogP contribution in [0.3, 0.4) is 0 Å². The summed E-state index contributed by atoms with van der Waals surface area (Å²) in [6, 6.07) is 14.5. The molecule has 7 heteroatoms. The van der Waals surface area contributed by atoms with Crippen molar-refractivity contribution in [1.82, 2.24) is 4.90 Å². The molecule has 1 N–H and O–H groups in total. The van der Waals surface area contributed by atoms with Gasteiger partial charge in [-0.2, -0.15) is 0 Å². The van der Waals surface area contributed by atoms with Crippen molar-refractivity contribution in [2.45, 2.75) is 0 Å². The van der Waals surface area contributed by atoms with E-state index in [1.807, 2.05) is 41.3 Å². The van der Waals surface area contributed by atoms with Crippen LogP contribution in [0.15, 0.2) is 57.4 Å². The highest BCUT2D eigenvalue weighted by Crippen LogP contribution is 2.36. The molecule has 1 aliphatic heterocycles. The van der Waals surface area contributed by atoms with E-state index in [0.29, 0.717) is 37.3 Å². The number of fused-ring (bicyclic) bond motifs is 1. The number of rotatable bonds is 3. The second kappa shape index (κ2) is 7.08. The third kappa shape index (κ3) is 3.30. The molecule has 1 fully saturated rings. The molecule has 1 aliphatic rings. The SMILES string of the molecule is O=C(O)c1cc2c(Br)c(N3CCN(C(=O)c4ccccc4)CC3)ccc2o1. The van der Waals surface area contributed by atoms with Crippen molar-refractivity contribution in [2.24, 2.45) is 0 Å². The number of furan rings is 1. The number of halogens is 1. The Morgan fingerprint density at radius 1 is 1.00 bits per heavy atom. The van der Waals surface area contributed by atoms with E-state index in [-0.39, 0.29) is 11.7 Å². The van der Waals surface area contributed by atoms with E-state index in [4.69, 9.17) is 9.52 Å². The van der Waals surface area contributed by atoms with Gasteiger partial charge >= 0.3 is 5.97 Å². The summed E-state index contributed by atoms with van der Waals surface area (Å²) in [5.74, 6) is -1.13. The number of hydrogen-bond acceptors (Lipinski definition) is 4. The highest BCUT2D eigenvalue weighted by Gasteiger charge is 2.24. The lowest BCUT2D eigenvalue weighted by Gasteiger charge is -2.36. The van der Waals surface area contributed by atoms with Gasteiger partial charge in [0, 0.05) is 43.2 Å². The quantitative estimate of drug-likeness (QED) is 0.685. The van der Waals surface area contributed by atoms with E-state index >= 15 is 0 Å². The summed E-state index contributed by atoms with van der Waals surface area (Å²) >= 11 is 3.59. The molecule has 4 rings (SSSR count). The number of benzene rings is 2. The minimum atomic E-state index is -1.09. The fourth-order valence-electron chi connectivity index (χ4n) is 3.33. The summed E-state index contributed by atoms with van der Waals surface area (Å²) in [5.41, 5.74) is 2.20. The molecule has 138 valence electrons. The number of carboxylic acid groups (broad SMARTS) is 1. The van der Waals surface area contributed by atoms with Crippen LogP contribution >= 0.6 is 15.9 Å².